The highest BCUT2D eigenvalue weighted by Crippen LogP contribution is 2.27. The van der Waals surface area contributed by atoms with Crippen molar-refractivity contribution >= 4 is 5.91 Å². The third kappa shape index (κ3) is 4.58. The van der Waals surface area contributed by atoms with Crippen molar-refractivity contribution < 1.29 is 9.90 Å². The van der Waals surface area contributed by atoms with Crippen molar-refractivity contribution in [3.8, 4) is 0 Å². The molecule has 1 fully saturated rings. The zero-order valence-corrected chi connectivity index (χ0v) is 12.2. The van der Waals surface area contributed by atoms with Crippen LogP contribution in [0.2, 0.25) is 0 Å². The van der Waals surface area contributed by atoms with Gasteiger partial charge in [0.1, 0.15) is 0 Å². The van der Waals surface area contributed by atoms with E-state index in [1.54, 1.807) is 6.92 Å². The minimum absolute atomic E-state index is 0.0672. The molecular weight excluding hydrogens is 228 g/mol. The first-order chi connectivity index (χ1) is 8.25. The molecule has 4 heteroatoms. The van der Waals surface area contributed by atoms with Crippen molar-refractivity contribution in [2.45, 2.75) is 53.1 Å². The predicted octanol–water partition coefficient (Wildman–Crippen LogP) is 1.29. The molecule has 2 atom stereocenters. The lowest BCUT2D eigenvalue weighted by Crippen LogP contribution is -2.50. The molecule has 0 aromatic rings. The van der Waals surface area contributed by atoms with Gasteiger partial charge in [0.25, 0.3) is 0 Å². The Hall–Kier alpha value is -0.610. The van der Waals surface area contributed by atoms with E-state index in [9.17, 15) is 9.90 Å². The molecule has 106 valence electrons. The molecule has 2 unspecified atom stereocenters. The first-order valence-electron chi connectivity index (χ1n) is 6.92. The van der Waals surface area contributed by atoms with Gasteiger partial charge in [-0.05, 0) is 45.1 Å². The molecule has 0 radical (unpaired) electrons. The highest BCUT2D eigenvalue weighted by Gasteiger charge is 2.35. The summed E-state index contributed by atoms with van der Waals surface area (Å²) in [5, 5.41) is 15.8. The molecule has 1 amide bonds. The van der Waals surface area contributed by atoms with Crippen molar-refractivity contribution in [2.75, 3.05) is 19.6 Å². The first kappa shape index (κ1) is 15.4. The summed E-state index contributed by atoms with van der Waals surface area (Å²) in [5.41, 5.74) is -0.346. The van der Waals surface area contributed by atoms with Gasteiger partial charge >= 0.3 is 0 Å². The van der Waals surface area contributed by atoms with Crippen molar-refractivity contribution in [1.29, 1.82) is 0 Å². The Morgan fingerprint density at radius 3 is 2.72 bits per heavy atom. The summed E-state index contributed by atoms with van der Waals surface area (Å²) >= 11 is 0. The van der Waals surface area contributed by atoms with E-state index in [0.717, 1.165) is 25.9 Å². The SMILES string of the molecule is CC(O)CC(C)(C)CNC(=O)C1(C)CCCNC1. The number of amides is 1. The van der Waals surface area contributed by atoms with Gasteiger partial charge in [0.15, 0.2) is 0 Å². The average molecular weight is 256 g/mol. The van der Waals surface area contributed by atoms with Gasteiger partial charge in [0.2, 0.25) is 5.91 Å². The summed E-state index contributed by atoms with van der Waals surface area (Å²) in [7, 11) is 0. The summed E-state index contributed by atoms with van der Waals surface area (Å²) in [6.45, 7) is 10.3. The van der Waals surface area contributed by atoms with Crippen LogP contribution >= 0.6 is 0 Å². The summed E-state index contributed by atoms with van der Waals surface area (Å²) in [6.07, 6.45) is 2.37. The number of aliphatic hydroxyl groups excluding tert-OH is 1. The fraction of sp³-hybridized carbons (Fsp3) is 0.929. The van der Waals surface area contributed by atoms with Crippen LogP contribution in [0.1, 0.15) is 47.0 Å². The second-order valence-electron chi connectivity index (χ2n) is 6.74. The van der Waals surface area contributed by atoms with E-state index in [1.807, 2.05) is 6.92 Å². The van der Waals surface area contributed by atoms with Crippen LogP contribution in [-0.2, 0) is 4.79 Å². The minimum atomic E-state index is -0.330. The van der Waals surface area contributed by atoms with Crippen LogP contribution in [0.3, 0.4) is 0 Å². The highest BCUT2D eigenvalue weighted by molar-refractivity contribution is 5.82. The summed E-state index contributed by atoms with van der Waals surface area (Å²) in [4.78, 5) is 12.2. The lowest BCUT2D eigenvalue weighted by atomic mass is 9.81. The van der Waals surface area contributed by atoms with E-state index in [1.165, 1.54) is 0 Å². The summed E-state index contributed by atoms with van der Waals surface area (Å²) < 4.78 is 0. The molecular formula is C14H28N2O2. The van der Waals surface area contributed by atoms with Crippen molar-refractivity contribution in [3.63, 3.8) is 0 Å². The number of carbonyl (C=O) groups excluding carboxylic acids is 1. The van der Waals surface area contributed by atoms with Gasteiger partial charge in [-0.3, -0.25) is 4.79 Å². The van der Waals surface area contributed by atoms with Crippen LogP contribution in [0.5, 0.6) is 0 Å². The van der Waals surface area contributed by atoms with Gasteiger partial charge in [-0.25, -0.2) is 0 Å². The summed E-state index contributed by atoms with van der Waals surface area (Å²) in [6, 6.07) is 0. The third-order valence-electron chi connectivity index (χ3n) is 3.72. The van der Waals surface area contributed by atoms with Gasteiger partial charge in [0, 0.05) is 13.1 Å². The zero-order valence-electron chi connectivity index (χ0n) is 12.2. The Bertz CT molecular complexity index is 282. The zero-order chi connectivity index (χ0) is 13.8. The van der Waals surface area contributed by atoms with Gasteiger partial charge < -0.3 is 15.7 Å². The molecule has 0 aliphatic carbocycles. The quantitative estimate of drug-likeness (QED) is 0.694. The smallest absolute Gasteiger partial charge is 0.227 e. The molecule has 0 spiro atoms. The molecule has 1 heterocycles. The molecule has 18 heavy (non-hydrogen) atoms. The number of aliphatic hydroxyl groups is 1. The number of hydrogen-bond donors (Lipinski definition) is 3. The highest BCUT2D eigenvalue weighted by atomic mass is 16.3. The minimum Gasteiger partial charge on any atom is -0.393 e. The van der Waals surface area contributed by atoms with E-state index in [4.69, 9.17) is 0 Å². The molecule has 0 aromatic carbocycles. The van der Waals surface area contributed by atoms with Gasteiger partial charge in [0.05, 0.1) is 11.5 Å². The summed E-state index contributed by atoms with van der Waals surface area (Å²) in [5.74, 6) is 0.133. The van der Waals surface area contributed by atoms with Crippen LogP contribution in [0.25, 0.3) is 0 Å². The normalized spacial score (nSPS) is 26.7. The standard InChI is InChI=1S/C14H28N2O2/c1-11(17)8-13(2,3)9-16-12(18)14(4)6-5-7-15-10-14/h11,15,17H,5-10H2,1-4H3,(H,16,18). The number of nitrogens with one attached hydrogen (secondary N) is 2. The van der Waals surface area contributed by atoms with E-state index in [-0.39, 0.29) is 22.8 Å². The van der Waals surface area contributed by atoms with E-state index in [0.29, 0.717) is 13.0 Å². The van der Waals surface area contributed by atoms with Gasteiger partial charge in [-0.1, -0.05) is 13.8 Å². The number of hydrogen-bond acceptors (Lipinski definition) is 3. The molecule has 1 aliphatic heterocycles. The second-order valence-corrected chi connectivity index (χ2v) is 6.74. The molecule has 3 N–H and O–H groups in total. The fourth-order valence-electron chi connectivity index (χ4n) is 2.65. The number of piperidine rings is 1. The van der Waals surface area contributed by atoms with Crippen LogP contribution in [-0.4, -0.2) is 36.8 Å². The van der Waals surface area contributed by atoms with Crippen LogP contribution < -0.4 is 10.6 Å². The molecule has 1 saturated heterocycles. The predicted molar refractivity (Wildman–Crippen MR) is 73.3 cm³/mol. The van der Waals surface area contributed by atoms with Crippen LogP contribution in [0.15, 0.2) is 0 Å². The van der Waals surface area contributed by atoms with Crippen LogP contribution in [0.4, 0.5) is 0 Å². The second kappa shape index (κ2) is 6.02. The molecule has 4 nitrogen and oxygen atoms in total. The average Bonchev–Trinajstić information content (AvgIpc) is 2.25. The molecule has 1 aliphatic rings. The Labute approximate surface area is 111 Å². The van der Waals surface area contributed by atoms with Crippen LogP contribution in [0, 0.1) is 10.8 Å². The monoisotopic (exact) mass is 256 g/mol. The largest absolute Gasteiger partial charge is 0.393 e. The lowest BCUT2D eigenvalue weighted by Gasteiger charge is -2.34. The fourth-order valence-corrected chi connectivity index (χ4v) is 2.65. The van der Waals surface area contributed by atoms with Crippen molar-refractivity contribution in [3.05, 3.63) is 0 Å². The van der Waals surface area contributed by atoms with E-state index in [2.05, 4.69) is 24.5 Å². The lowest BCUT2D eigenvalue weighted by molar-refractivity contribution is -0.131. The molecule has 1 rings (SSSR count). The van der Waals surface area contributed by atoms with E-state index < -0.39 is 0 Å². The Morgan fingerprint density at radius 2 is 2.22 bits per heavy atom. The Balaban J connectivity index is 2.45. The number of carbonyl (C=O) groups is 1. The molecule has 0 bridgehead atoms. The van der Waals surface area contributed by atoms with Gasteiger partial charge in [-0.2, -0.15) is 0 Å². The maximum absolute atomic E-state index is 12.2. The molecule has 0 aromatic heterocycles. The molecule has 0 saturated carbocycles. The van der Waals surface area contributed by atoms with E-state index >= 15 is 0 Å². The maximum atomic E-state index is 12.2. The Kier molecular flexibility index (Phi) is 5.17. The maximum Gasteiger partial charge on any atom is 0.227 e. The number of rotatable bonds is 5. The first-order valence-corrected chi connectivity index (χ1v) is 6.92. The van der Waals surface area contributed by atoms with Gasteiger partial charge in [-0.15, -0.1) is 0 Å². The van der Waals surface area contributed by atoms with Crippen molar-refractivity contribution in [2.24, 2.45) is 10.8 Å². The van der Waals surface area contributed by atoms with Crippen molar-refractivity contribution in [1.82, 2.24) is 10.6 Å². The Morgan fingerprint density at radius 1 is 1.56 bits per heavy atom. The third-order valence-corrected chi connectivity index (χ3v) is 3.72. The topological polar surface area (TPSA) is 61.4 Å².